The molecule has 19 heavy (non-hydrogen) atoms. The summed E-state index contributed by atoms with van der Waals surface area (Å²) >= 11 is 0. The zero-order chi connectivity index (χ0) is 13.9. The first-order valence-corrected chi connectivity index (χ1v) is 6.83. The minimum absolute atomic E-state index is 0.0927. The number of nitrogens with zero attached hydrogens (tertiary/aromatic N) is 1. The van der Waals surface area contributed by atoms with E-state index in [2.05, 4.69) is 34.5 Å². The number of hydrogen-bond acceptors (Lipinski definition) is 3. The van der Waals surface area contributed by atoms with Crippen LogP contribution in [0.1, 0.15) is 25.0 Å². The molecule has 1 aromatic rings. The maximum absolute atomic E-state index is 11.7. The van der Waals surface area contributed by atoms with Crippen molar-refractivity contribution in [3.63, 3.8) is 0 Å². The topological polar surface area (TPSA) is 58.4 Å². The number of nitrogens with one attached hydrogen (secondary N) is 1. The van der Waals surface area contributed by atoms with Crippen LogP contribution in [0.2, 0.25) is 0 Å². The highest BCUT2D eigenvalue weighted by Gasteiger charge is 2.21. The van der Waals surface area contributed by atoms with Crippen molar-refractivity contribution >= 4 is 5.91 Å². The Morgan fingerprint density at radius 1 is 1.37 bits per heavy atom. The highest BCUT2D eigenvalue weighted by Crippen LogP contribution is 2.17. The summed E-state index contributed by atoms with van der Waals surface area (Å²) in [5.74, 6) is -0.0927. The standard InChI is InChI=1S/C15H23N3O/c1-15(2,16)14(19)17-8-10-18-9-7-12-5-3-4-6-13(12)11-18/h3-6H,7-11,16H2,1-2H3,(H,17,19). The summed E-state index contributed by atoms with van der Waals surface area (Å²) in [7, 11) is 0. The SMILES string of the molecule is CC(C)(N)C(=O)NCCN1CCc2ccccc2C1. The summed E-state index contributed by atoms with van der Waals surface area (Å²) in [5, 5.41) is 2.89. The van der Waals surface area contributed by atoms with Gasteiger partial charge in [0.05, 0.1) is 5.54 Å². The summed E-state index contributed by atoms with van der Waals surface area (Å²) in [6.45, 7) is 6.99. The predicted molar refractivity (Wildman–Crippen MR) is 76.7 cm³/mol. The molecule has 4 heteroatoms. The van der Waals surface area contributed by atoms with Gasteiger partial charge in [-0.25, -0.2) is 0 Å². The Kier molecular flexibility index (Phi) is 4.22. The molecule has 0 radical (unpaired) electrons. The Morgan fingerprint density at radius 2 is 2.05 bits per heavy atom. The number of amides is 1. The van der Waals surface area contributed by atoms with Crippen LogP contribution in [0.3, 0.4) is 0 Å². The Morgan fingerprint density at radius 3 is 2.74 bits per heavy atom. The lowest BCUT2D eigenvalue weighted by Gasteiger charge is -2.29. The van der Waals surface area contributed by atoms with Gasteiger partial charge in [-0.1, -0.05) is 24.3 Å². The van der Waals surface area contributed by atoms with E-state index in [1.807, 2.05) is 0 Å². The highest BCUT2D eigenvalue weighted by atomic mass is 16.2. The van der Waals surface area contributed by atoms with Gasteiger partial charge in [-0.05, 0) is 31.4 Å². The molecule has 1 aliphatic heterocycles. The minimum atomic E-state index is -0.797. The van der Waals surface area contributed by atoms with Gasteiger partial charge in [-0.3, -0.25) is 9.69 Å². The van der Waals surface area contributed by atoms with Crippen LogP contribution in [-0.4, -0.2) is 36.0 Å². The molecule has 0 saturated carbocycles. The van der Waals surface area contributed by atoms with Gasteiger partial charge < -0.3 is 11.1 Å². The minimum Gasteiger partial charge on any atom is -0.353 e. The second-order valence-corrected chi connectivity index (χ2v) is 5.77. The fourth-order valence-electron chi connectivity index (χ4n) is 2.30. The van der Waals surface area contributed by atoms with E-state index >= 15 is 0 Å². The van der Waals surface area contributed by atoms with Gasteiger partial charge in [0.2, 0.25) is 5.91 Å². The van der Waals surface area contributed by atoms with Crippen molar-refractivity contribution in [1.29, 1.82) is 0 Å². The van der Waals surface area contributed by atoms with Crippen LogP contribution in [0.15, 0.2) is 24.3 Å². The van der Waals surface area contributed by atoms with Crippen LogP contribution >= 0.6 is 0 Å². The van der Waals surface area contributed by atoms with Gasteiger partial charge in [0.1, 0.15) is 0 Å². The molecular formula is C15H23N3O. The summed E-state index contributed by atoms with van der Waals surface area (Å²) in [6.07, 6.45) is 1.09. The largest absolute Gasteiger partial charge is 0.353 e. The number of fused-ring (bicyclic) bond motifs is 1. The first-order chi connectivity index (χ1) is 8.97. The molecule has 1 amide bonds. The molecule has 4 nitrogen and oxygen atoms in total. The Hall–Kier alpha value is -1.39. The molecule has 2 rings (SSSR count). The van der Waals surface area contributed by atoms with Crippen molar-refractivity contribution in [1.82, 2.24) is 10.2 Å². The lowest BCUT2D eigenvalue weighted by atomic mass is 10.00. The average molecular weight is 261 g/mol. The number of carbonyl (C=O) groups is 1. The molecule has 0 fully saturated rings. The highest BCUT2D eigenvalue weighted by molar-refractivity contribution is 5.84. The monoisotopic (exact) mass is 261 g/mol. The van der Waals surface area contributed by atoms with Gasteiger partial charge in [0, 0.05) is 26.2 Å². The van der Waals surface area contributed by atoms with Gasteiger partial charge in [-0.2, -0.15) is 0 Å². The molecule has 0 unspecified atom stereocenters. The quantitative estimate of drug-likeness (QED) is 0.846. The summed E-state index contributed by atoms with van der Waals surface area (Å²) in [5.41, 5.74) is 7.79. The van der Waals surface area contributed by atoms with Crippen LogP contribution < -0.4 is 11.1 Å². The third-order valence-corrected chi connectivity index (χ3v) is 3.51. The van der Waals surface area contributed by atoms with Gasteiger partial charge in [-0.15, -0.1) is 0 Å². The molecule has 0 saturated heterocycles. The molecule has 0 aliphatic carbocycles. The molecule has 0 bridgehead atoms. The summed E-state index contributed by atoms with van der Waals surface area (Å²) in [6, 6.07) is 8.56. The molecular weight excluding hydrogens is 238 g/mol. The first-order valence-electron chi connectivity index (χ1n) is 6.83. The lowest BCUT2D eigenvalue weighted by molar-refractivity contribution is -0.125. The van der Waals surface area contributed by atoms with Crippen LogP contribution in [0.4, 0.5) is 0 Å². The van der Waals surface area contributed by atoms with Gasteiger partial charge in [0.25, 0.3) is 0 Å². The number of carbonyl (C=O) groups excluding carboxylic acids is 1. The van der Waals surface area contributed by atoms with E-state index in [1.165, 1.54) is 11.1 Å². The maximum atomic E-state index is 11.7. The van der Waals surface area contributed by atoms with Gasteiger partial charge >= 0.3 is 0 Å². The normalized spacial score (nSPS) is 15.9. The maximum Gasteiger partial charge on any atom is 0.239 e. The summed E-state index contributed by atoms with van der Waals surface area (Å²) < 4.78 is 0. The van der Waals surface area contributed by atoms with Crippen molar-refractivity contribution in [2.24, 2.45) is 5.73 Å². The molecule has 3 N–H and O–H groups in total. The van der Waals surface area contributed by atoms with Crippen molar-refractivity contribution < 1.29 is 4.79 Å². The Labute approximate surface area is 115 Å². The third-order valence-electron chi connectivity index (χ3n) is 3.51. The zero-order valence-electron chi connectivity index (χ0n) is 11.8. The number of benzene rings is 1. The number of nitrogens with two attached hydrogens (primary N) is 1. The Bertz CT molecular complexity index is 451. The fourth-order valence-corrected chi connectivity index (χ4v) is 2.30. The summed E-state index contributed by atoms with van der Waals surface area (Å²) in [4.78, 5) is 14.0. The molecule has 0 spiro atoms. The van der Waals surface area contributed by atoms with E-state index < -0.39 is 5.54 Å². The first kappa shape index (κ1) is 14.0. The number of hydrogen-bond donors (Lipinski definition) is 2. The van der Waals surface area contributed by atoms with Gasteiger partial charge in [0.15, 0.2) is 0 Å². The predicted octanol–water partition coefficient (Wildman–Crippen LogP) is 0.898. The van der Waals surface area contributed by atoms with Crippen molar-refractivity contribution in [3.8, 4) is 0 Å². The van der Waals surface area contributed by atoms with Crippen LogP contribution in [0.5, 0.6) is 0 Å². The van der Waals surface area contributed by atoms with Crippen molar-refractivity contribution in [2.75, 3.05) is 19.6 Å². The van der Waals surface area contributed by atoms with Crippen molar-refractivity contribution in [2.45, 2.75) is 32.4 Å². The second-order valence-electron chi connectivity index (χ2n) is 5.77. The van der Waals surface area contributed by atoms with E-state index in [-0.39, 0.29) is 5.91 Å². The van der Waals surface area contributed by atoms with Crippen molar-refractivity contribution in [3.05, 3.63) is 35.4 Å². The molecule has 1 heterocycles. The van der Waals surface area contributed by atoms with Crippen LogP contribution in [-0.2, 0) is 17.8 Å². The molecule has 1 aliphatic rings. The third kappa shape index (κ3) is 3.78. The number of rotatable bonds is 4. The van der Waals surface area contributed by atoms with Crippen LogP contribution in [0, 0.1) is 0 Å². The van der Waals surface area contributed by atoms with E-state index in [9.17, 15) is 4.79 Å². The fraction of sp³-hybridized carbons (Fsp3) is 0.533. The average Bonchev–Trinajstić information content (AvgIpc) is 2.37. The van der Waals surface area contributed by atoms with E-state index in [0.29, 0.717) is 6.54 Å². The van der Waals surface area contributed by atoms with E-state index in [0.717, 1.165) is 26.1 Å². The smallest absolute Gasteiger partial charge is 0.239 e. The van der Waals surface area contributed by atoms with E-state index in [4.69, 9.17) is 5.73 Å². The Balaban J connectivity index is 1.79. The zero-order valence-corrected chi connectivity index (χ0v) is 11.8. The molecule has 1 aromatic carbocycles. The van der Waals surface area contributed by atoms with Crippen LogP contribution in [0.25, 0.3) is 0 Å². The second kappa shape index (κ2) is 5.72. The van der Waals surface area contributed by atoms with E-state index in [1.54, 1.807) is 13.8 Å². The molecule has 0 atom stereocenters. The lowest BCUT2D eigenvalue weighted by Crippen LogP contribution is -2.50. The molecule has 104 valence electrons. The molecule has 0 aromatic heterocycles.